The Labute approximate surface area is 299 Å². The molecule has 3 heterocycles. The number of methoxy groups -OCH3 is 2. The summed E-state index contributed by atoms with van der Waals surface area (Å²) in [7, 11) is 5.16. The van der Waals surface area contributed by atoms with Crippen LogP contribution in [0, 0.1) is 5.92 Å². The summed E-state index contributed by atoms with van der Waals surface area (Å²) in [5.74, 6) is -0.695. The summed E-state index contributed by atoms with van der Waals surface area (Å²) in [4.78, 5) is 29.3. The molecule has 1 aliphatic rings. The molecule has 1 saturated heterocycles. The molecule has 2 aromatic carbocycles. The number of likely N-dealkylation sites (tertiary alicyclic amines) is 1. The Morgan fingerprint density at radius 2 is 1.67 bits per heavy atom. The molecular weight excluding hydrogens is 689 g/mol. The number of carbonyl (C=O) groups is 2. The van der Waals surface area contributed by atoms with Crippen LogP contribution in [0.15, 0.2) is 67.0 Å². The normalized spacial score (nSPS) is 15.0. The number of nitrogens with zero attached hydrogens (tertiary/aromatic N) is 2. The van der Waals surface area contributed by atoms with Crippen molar-refractivity contribution in [3.05, 3.63) is 109 Å². The zero-order valence-corrected chi connectivity index (χ0v) is 29.9. The molecule has 4 aromatic rings. The van der Waals surface area contributed by atoms with E-state index in [0.717, 1.165) is 53.1 Å². The molecule has 3 N–H and O–H groups in total. The van der Waals surface area contributed by atoms with E-state index in [2.05, 4.69) is 17.3 Å². The minimum Gasteiger partial charge on any atom is -0.493 e. The maximum atomic E-state index is 13.5. The van der Waals surface area contributed by atoms with Crippen molar-refractivity contribution >= 4 is 46.5 Å². The highest BCUT2D eigenvalue weighted by Gasteiger charge is 2.30. The first-order valence-corrected chi connectivity index (χ1v) is 17.4. The largest absolute Gasteiger partial charge is 0.493 e. The summed E-state index contributed by atoms with van der Waals surface area (Å²) in [6.45, 7) is 2.52. The van der Waals surface area contributed by atoms with Crippen molar-refractivity contribution in [3.8, 4) is 11.5 Å². The van der Waals surface area contributed by atoms with Crippen molar-refractivity contribution in [1.82, 2.24) is 10.2 Å². The van der Waals surface area contributed by atoms with Crippen LogP contribution in [0.3, 0.4) is 0 Å². The zero-order chi connectivity index (χ0) is 35.1. The van der Waals surface area contributed by atoms with Gasteiger partial charge in [-0.3, -0.25) is 10.5 Å². The van der Waals surface area contributed by atoms with Crippen LogP contribution in [0.1, 0.15) is 61.6 Å². The van der Waals surface area contributed by atoms with Crippen LogP contribution >= 0.6 is 34.5 Å². The molecule has 1 fully saturated rings. The van der Waals surface area contributed by atoms with Crippen molar-refractivity contribution < 1.29 is 38.8 Å². The number of aromatic carboxylic acids is 1. The fourth-order valence-electron chi connectivity index (χ4n) is 6.08. The lowest BCUT2D eigenvalue weighted by Crippen LogP contribution is -2.34. The van der Waals surface area contributed by atoms with Crippen molar-refractivity contribution in [2.75, 3.05) is 41.0 Å². The summed E-state index contributed by atoms with van der Waals surface area (Å²) in [6, 6.07) is 15.8. The molecule has 0 radical (unpaired) electrons. The molecule has 0 amide bonds. The highest BCUT2D eigenvalue weighted by Crippen LogP contribution is 2.41. The van der Waals surface area contributed by atoms with Crippen LogP contribution in [0.2, 0.25) is 10.0 Å². The number of halogens is 2. The average Bonchev–Trinajstić information content (AvgIpc) is 3.52. The van der Waals surface area contributed by atoms with Crippen molar-refractivity contribution in [2.45, 2.75) is 37.8 Å². The molecule has 2 atom stereocenters. The molecule has 1 aliphatic heterocycles. The molecule has 0 saturated carbocycles. The fraction of sp³-hybridized carbons (Fsp3) is 0.361. The number of hydrogen-bond acceptors (Lipinski definition) is 9. The second-order valence-corrected chi connectivity index (χ2v) is 14.0. The first-order chi connectivity index (χ1) is 23.6. The predicted octanol–water partition coefficient (Wildman–Crippen LogP) is 6.39. The van der Waals surface area contributed by atoms with Gasteiger partial charge in [-0.25, -0.2) is 9.59 Å². The number of hydrogen-bond donors (Lipinski definition) is 3. The predicted molar refractivity (Wildman–Crippen MR) is 187 cm³/mol. The number of carboxylic acid groups (broad SMARTS) is 1. The smallest absolute Gasteiger partial charge is 0.346 e. The molecule has 2 aromatic heterocycles. The van der Waals surface area contributed by atoms with Crippen LogP contribution in [-0.4, -0.2) is 68.1 Å². The van der Waals surface area contributed by atoms with E-state index < -0.39 is 17.9 Å². The molecule has 1 unspecified atom stereocenters. The van der Waals surface area contributed by atoms with E-state index >= 15 is 0 Å². The number of thiophene rings is 1. The summed E-state index contributed by atoms with van der Waals surface area (Å²) in [6.07, 6.45) is 4.82. The molecule has 49 heavy (non-hydrogen) atoms. The highest BCUT2D eigenvalue weighted by atomic mass is 35.5. The number of carboxylic acids is 1. The average molecular weight is 730 g/mol. The Morgan fingerprint density at radius 1 is 1.00 bits per heavy atom. The first kappa shape index (κ1) is 36.4. The Morgan fingerprint density at radius 3 is 2.31 bits per heavy atom. The van der Waals surface area contributed by atoms with Crippen molar-refractivity contribution in [3.63, 3.8) is 0 Å². The van der Waals surface area contributed by atoms with Gasteiger partial charge in [-0.15, -0.1) is 11.3 Å². The Kier molecular flexibility index (Phi) is 12.4. The van der Waals surface area contributed by atoms with Crippen LogP contribution < -0.4 is 19.5 Å². The Bertz CT molecular complexity index is 1740. The van der Waals surface area contributed by atoms with E-state index in [-0.39, 0.29) is 33.9 Å². The van der Waals surface area contributed by atoms with E-state index in [4.69, 9.17) is 37.4 Å². The number of rotatable bonds is 14. The van der Waals surface area contributed by atoms with E-state index in [1.54, 1.807) is 12.1 Å². The molecule has 260 valence electrons. The van der Waals surface area contributed by atoms with E-state index in [9.17, 15) is 19.9 Å². The van der Waals surface area contributed by atoms with Gasteiger partial charge in [0.1, 0.15) is 21.0 Å². The van der Waals surface area contributed by atoms with Gasteiger partial charge in [-0.1, -0.05) is 59.6 Å². The lowest BCUT2D eigenvalue weighted by Gasteiger charge is -2.29. The van der Waals surface area contributed by atoms with Crippen LogP contribution in [0.25, 0.3) is 0 Å². The lowest BCUT2D eigenvalue weighted by atomic mass is 9.85. The lowest BCUT2D eigenvalue weighted by molar-refractivity contribution is -0.904. The molecule has 0 bridgehead atoms. The standard InChI is InChI=1S/C36H39Cl2N3O7S/c1-40-13-11-22(12-14-40)21-48-36(44)33(23-7-5-4-6-8-23)39-18-25-16-27(34(49-25)35(42)43)26(17-28-29(37)19-41(45)20-30(28)38)24-9-10-31(46-2)32(15-24)47-3/h4-10,15-16,19-20,22,26,33,39H,11-14,17-18,21H2,1-3H3,(H-,42,43,45)/p+1/t26-,33?/m0/s1. The van der Waals surface area contributed by atoms with Crippen molar-refractivity contribution in [2.24, 2.45) is 5.92 Å². The number of piperidine rings is 1. The number of pyridine rings is 1. The fourth-order valence-corrected chi connectivity index (χ4v) is 7.70. The number of ether oxygens (including phenoxy) is 3. The van der Waals surface area contributed by atoms with Gasteiger partial charge in [-0.05, 0) is 80.2 Å². The SMILES string of the molecule is COc1ccc([C@H](Cc2c(Cl)c[n+](O)cc2Cl)c2cc(CNC(C(=O)OCC3CCN(C)CC3)c3ccccc3)sc2C(=O)O)cc1OC. The zero-order valence-electron chi connectivity index (χ0n) is 27.5. The quantitative estimate of drug-likeness (QED) is 0.0771. The van der Waals surface area contributed by atoms with Gasteiger partial charge in [0, 0.05) is 27.6 Å². The maximum Gasteiger partial charge on any atom is 0.346 e. The summed E-state index contributed by atoms with van der Waals surface area (Å²) >= 11 is 14.2. The molecular formula is C36H40Cl2N3O7S+. The van der Waals surface area contributed by atoms with E-state index in [0.29, 0.717) is 40.0 Å². The van der Waals surface area contributed by atoms with Crippen LogP contribution in [-0.2, 0) is 22.5 Å². The van der Waals surface area contributed by atoms with Crippen LogP contribution in [0.5, 0.6) is 11.5 Å². The molecule has 0 spiro atoms. The Balaban J connectivity index is 1.46. The minimum atomic E-state index is -1.09. The molecule has 5 rings (SSSR count). The van der Waals surface area contributed by atoms with Gasteiger partial charge in [0.25, 0.3) is 0 Å². The number of benzene rings is 2. The van der Waals surface area contributed by atoms with Gasteiger partial charge in [0.2, 0.25) is 12.4 Å². The summed E-state index contributed by atoms with van der Waals surface area (Å²) in [5.41, 5.74) is 2.57. The van der Waals surface area contributed by atoms with Crippen LogP contribution in [0.4, 0.5) is 0 Å². The minimum absolute atomic E-state index is 0.137. The Hall–Kier alpha value is -3.87. The van der Waals surface area contributed by atoms with Crippen molar-refractivity contribution in [1.29, 1.82) is 0 Å². The number of aromatic nitrogens is 1. The van der Waals surface area contributed by atoms with E-state index in [1.807, 2.05) is 42.5 Å². The monoisotopic (exact) mass is 728 g/mol. The maximum absolute atomic E-state index is 13.5. The number of carbonyl (C=O) groups excluding carboxylic acids is 1. The second kappa shape index (κ2) is 16.7. The summed E-state index contributed by atoms with van der Waals surface area (Å²) < 4.78 is 17.6. The first-order valence-electron chi connectivity index (χ1n) is 15.9. The topological polar surface area (TPSA) is 121 Å². The third kappa shape index (κ3) is 9.03. The molecule has 0 aliphatic carbocycles. The summed E-state index contributed by atoms with van der Waals surface area (Å²) in [5, 5.41) is 24.2. The van der Waals surface area contributed by atoms with Gasteiger partial charge in [0.15, 0.2) is 11.5 Å². The number of nitrogens with one attached hydrogen (secondary N) is 1. The second-order valence-electron chi connectivity index (χ2n) is 12.1. The van der Waals surface area contributed by atoms with Gasteiger partial charge in [-0.2, -0.15) is 0 Å². The third-order valence-corrected chi connectivity index (χ3v) is 10.6. The van der Waals surface area contributed by atoms with E-state index in [1.165, 1.54) is 26.6 Å². The van der Waals surface area contributed by atoms with Gasteiger partial charge < -0.3 is 24.2 Å². The molecule has 13 heteroatoms. The number of esters is 1. The van der Waals surface area contributed by atoms with Gasteiger partial charge >= 0.3 is 11.9 Å². The molecule has 10 nitrogen and oxygen atoms in total. The third-order valence-electron chi connectivity index (χ3n) is 8.82. The highest BCUT2D eigenvalue weighted by molar-refractivity contribution is 7.14. The van der Waals surface area contributed by atoms with Gasteiger partial charge in [0.05, 0.1) is 20.8 Å².